The average Bonchev–Trinajstić information content (AvgIpc) is 2.86. The van der Waals surface area contributed by atoms with Crippen molar-refractivity contribution in [3.05, 3.63) is 29.1 Å². The molecule has 2 heterocycles. The number of nitrogens with zero attached hydrogens (tertiary/aromatic N) is 2. The fourth-order valence-corrected chi connectivity index (χ4v) is 2.90. The predicted molar refractivity (Wildman–Crippen MR) is 73.8 cm³/mol. The molecule has 1 aromatic rings. The number of carbonyl (C=O) groups excluding carboxylic acids is 1. The zero-order chi connectivity index (χ0) is 14.0. The van der Waals surface area contributed by atoms with E-state index in [-0.39, 0.29) is 11.5 Å². The molecule has 102 valence electrons. The van der Waals surface area contributed by atoms with Crippen molar-refractivity contribution < 1.29 is 14.7 Å². The Labute approximate surface area is 116 Å². The molecule has 1 aliphatic heterocycles. The highest BCUT2D eigenvalue weighted by Gasteiger charge is 2.28. The highest BCUT2D eigenvalue weighted by Crippen LogP contribution is 2.23. The number of aromatic carboxylic acids is 1. The lowest BCUT2D eigenvalue weighted by Crippen LogP contribution is -2.30. The van der Waals surface area contributed by atoms with Crippen molar-refractivity contribution in [1.82, 2.24) is 9.88 Å². The van der Waals surface area contributed by atoms with Crippen LogP contribution in [0, 0.1) is 6.92 Å². The second kappa shape index (κ2) is 5.61. The van der Waals surface area contributed by atoms with Gasteiger partial charge in [0, 0.05) is 30.7 Å². The summed E-state index contributed by atoms with van der Waals surface area (Å²) in [6, 6.07) is 0. The summed E-state index contributed by atoms with van der Waals surface area (Å²) in [4.78, 5) is 29.1. The van der Waals surface area contributed by atoms with Crippen molar-refractivity contribution in [2.45, 2.75) is 18.6 Å². The summed E-state index contributed by atoms with van der Waals surface area (Å²) in [6.07, 6.45) is 5.76. The Morgan fingerprint density at radius 2 is 2.11 bits per heavy atom. The number of amides is 1. The van der Waals surface area contributed by atoms with Crippen LogP contribution in [0.1, 0.15) is 32.7 Å². The van der Waals surface area contributed by atoms with E-state index in [2.05, 4.69) is 4.98 Å². The van der Waals surface area contributed by atoms with Crippen molar-refractivity contribution in [3.8, 4) is 0 Å². The van der Waals surface area contributed by atoms with Crippen molar-refractivity contribution in [1.29, 1.82) is 0 Å². The van der Waals surface area contributed by atoms with E-state index in [9.17, 15) is 9.59 Å². The van der Waals surface area contributed by atoms with Crippen LogP contribution in [0.3, 0.4) is 0 Å². The minimum atomic E-state index is -1.05. The van der Waals surface area contributed by atoms with Gasteiger partial charge in [0.1, 0.15) is 0 Å². The van der Waals surface area contributed by atoms with Gasteiger partial charge in [-0.05, 0) is 25.2 Å². The summed E-state index contributed by atoms with van der Waals surface area (Å²) in [5.74, 6) is -1.17. The van der Waals surface area contributed by atoms with Gasteiger partial charge in [0.05, 0.1) is 11.1 Å². The van der Waals surface area contributed by atoms with Gasteiger partial charge in [-0.1, -0.05) is 0 Å². The maximum absolute atomic E-state index is 12.4. The minimum absolute atomic E-state index is 0.0893. The first-order chi connectivity index (χ1) is 9.04. The molecule has 2 rings (SSSR count). The van der Waals surface area contributed by atoms with Crippen LogP contribution in [-0.2, 0) is 0 Å². The largest absolute Gasteiger partial charge is 0.478 e. The molecule has 6 heteroatoms. The second-order valence-electron chi connectivity index (χ2n) is 4.56. The van der Waals surface area contributed by atoms with Crippen LogP contribution in [0.25, 0.3) is 0 Å². The molecule has 0 aromatic carbocycles. The summed E-state index contributed by atoms with van der Waals surface area (Å²) in [5, 5.41) is 9.52. The van der Waals surface area contributed by atoms with Crippen LogP contribution < -0.4 is 0 Å². The van der Waals surface area contributed by atoms with Gasteiger partial charge in [0.2, 0.25) is 0 Å². The molecule has 0 spiro atoms. The van der Waals surface area contributed by atoms with Gasteiger partial charge >= 0.3 is 5.97 Å². The zero-order valence-electron chi connectivity index (χ0n) is 10.9. The van der Waals surface area contributed by atoms with E-state index in [4.69, 9.17) is 5.11 Å². The van der Waals surface area contributed by atoms with Crippen LogP contribution in [0.5, 0.6) is 0 Å². The maximum Gasteiger partial charge on any atom is 0.337 e. The summed E-state index contributed by atoms with van der Waals surface area (Å²) in [5.41, 5.74) is 0.966. The Morgan fingerprint density at radius 1 is 1.42 bits per heavy atom. The Hall–Kier alpha value is -1.56. The standard InChI is InChI=1S/C13H16N2O3S/c1-8-10(5-14-6-11(8)13(17)18)12(16)15-4-3-9(7-15)19-2/h5-6,9H,3-4,7H2,1-2H3,(H,17,18). The van der Waals surface area contributed by atoms with Crippen LogP contribution in [-0.4, -0.2) is 51.5 Å². The molecule has 0 saturated carbocycles. The molecular weight excluding hydrogens is 264 g/mol. The molecule has 0 aliphatic carbocycles. The first kappa shape index (κ1) is 13.9. The molecule has 1 saturated heterocycles. The molecule has 1 N–H and O–H groups in total. The molecule has 1 fully saturated rings. The first-order valence-corrected chi connectivity index (χ1v) is 7.33. The van der Waals surface area contributed by atoms with Crippen molar-refractivity contribution in [2.75, 3.05) is 19.3 Å². The molecule has 0 radical (unpaired) electrons. The number of pyridine rings is 1. The molecular formula is C13H16N2O3S. The van der Waals surface area contributed by atoms with Crippen LogP contribution in [0.15, 0.2) is 12.4 Å². The van der Waals surface area contributed by atoms with E-state index >= 15 is 0 Å². The topological polar surface area (TPSA) is 70.5 Å². The number of carbonyl (C=O) groups is 2. The number of carboxylic acids is 1. The normalized spacial score (nSPS) is 18.6. The maximum atomic E-state index is 12.4. The summed E-state index contributed by atoms with van der Waals surface area (Å²) >= 11 is 1.76. The number of hydrogen-bond acceptors (Lipinski definition) is 4. The van der Waals surface area contributed by atoms with Gasteiger partial charge < -0.3 is 10.0 Å². The SMILES string of the molecule is CSC1CCN(C(=O)c2cncc(C(=O)O)c2C)C1. The number of hydrogen-bond donors (Lipinski definition) is 1. The summed E-state index contributed by atoms with van der Waals surface area (Å²) < 4.78 is 0. The van der Waals surface area contributed by atoms with Gasteiger partial charge in [0.15, 0.2) is 0 Å². The lowest BCUT2D eigenvalue weighted by Gasteiger charge is -2.17. The first-order valence-electron chi connectivity index (χ1n) is 6.04. The van der Waals surface area contributed by atoms with E-state index in [1.165, 1.54) is 12.4 Å². The van der Waals surface area contributed by atoms with Crippen molar-refractivity contribution in [3.63, 3.8) is 0 Å². The quantitative estimate of drug-likeness (QED) is 0.912. The Morgan fingerprint density at radius 3 is 2.68 bits per heavy atom. The third-order valence-electron chi connectivity index (χ3n) is 3.44. The number of thioether (sulfide) groups is 1. The Kier molecular flexibility index (Phi) is 4.09. The fourth-order valence-electron chi connectivity index (χ4n) is 2.23. The van der Waals surface area contributed by atoms with Crippen LogP contribution in [0.2, 0.25) is 0 Å². The molecule has 1 aromatic heterocycles. The van der Waals surface area contributed by atoms with Gasteiger partial charge in [-0.3, -0.25) is 9.78 Å². The summed E-state index contributed by atoms with van der Waals surface area (Å²) in [6.45, 7) is 3.10. The van der Waals surface area contributed by atoms with Gasteiger partial charge in [-0.15, -0.1) is 0 Å². The smallest absolute Gasteiger partial charge is 0.337 e. The van der Waals surface area contributed by atoms with E-state index in [1.807, 2.05) is 6.26 Å². The Balaban J connectivity index is 2.25. The van der Waals surface area contributed by atoms with Gasteiger partial charge in [0.25, 0.3) is 5.91 Å². The lowest BCUT2D eigenvalue weighted by molar-refractivity contribution is 0.0695. The highest BCUT2D eigenvalue weighted by atomic mass is 32.2. The lowest BCUT2D eigenvalue weighted by atomic mass is 10.1. The molecule has 1 amide bonds. The molecule has 1 aliphatic rings. The molecule has 5 nitrogen and oxygen atoms in total. The van der Waals surface area contributed by atoms with E-state index in [0.717, 1.165) is 19.5 Å². The van der Waals surface area contributed by atoms with E-state index < -0.39 is 5.97 Å². The predicted octanol–water partition coefficient (Wildman–Crippen LogP) is 1.67. The van der Waals surface area contributed by atoms with Crippen LogP contribution >= 0.6 is 11.8 Å². The van der Waals surface area contributed by atoms with Gasteiger partial charge in [-0.25, -0.2) is 4.79 Å². The number of carboxylic acid groups (broad SMARTS) is 1. The third kappa shape index (κ3) is 2.73. The number of rotatable bonds is 3. The Bertz CT molecular complexity index is 519. The zero-order valence-corrected chi connectivity index (χ0v) is 11.7. The van der Waals surface area contributed by atoms with Crippen molar-refractivity contribution >= 4 is 23.6 Å². The minimum Gasteiger partial charge on any atom is -0.478 e. The number of likely N-dealkylation sites (tertiary alicyclic amines) is 1. The monoisotopic (exact) mass is 280 g/mol. The third-order valence-corrected chi connectivity index (χ3v) is 4.49. The molecule has 19 heavy (non-hydrogen) atoms. The molecule has 1 unspecified atom stereocenters. The van der Waals surface area contributed by atoms with Gasteiger partial charge in [-0.2, -0.15) is 11.8 Å². The number of aromatic nitrogens is 1. The second-order valence-corrected chi connectivity index (χ2v) is 5.70. The summed E-state index contributed by atoms with van der Waals surface area (Å²) in [7, 11) is 0. The van der Waals surface area contributed by atoms with Crippen molar-refractivity contribution in [2.24, 2.45) is 0 Å². The van der Waals surface area contributed by atoms with E-state index in [0.29, 0.717) is 16.4 Å². The fraction of sp³-hybridized carbons (Fsp3) is 0.462. The van der Waals surface area contributed by atoms with Crippen LogP contribution in [0.4, 0.5) is 0 Å². The molecule has 1 atom stereocenters. The highest BCUT2D eigenvalue weighted by molar-refractivity contribution is 7.99. The van der Waals surface area contributed by atoms with E-state index in [1.54, 1.807) is 23.6 Å². The molecule has 0 bridgehead atoms. The average molecular weight is 280 g/mol.